The van der Waals surface area contributed by atoms with Crippen LogP contribution in [0, 0.1) is 6.92 Å². The Morgan fingerprint density at radius 3 is 2.81 bits per heavy atom. The third kappa shape index (κ3) is 2.99. The molecule has 0 unspecified atom stereocenters. The van der Waals surface area contributed by atoms with Gasteiger partial charge in [0.25, 0.3) is 0 Å². The Balaban J connectivity index is 1.97. The van der Waals surface area contributed by atoms with Gasteiger partial charge >= 0.3 is 0 Å². The molecule has 0 spiro atoms. The SMILES string of the molecule is Cc1nc(CC(=O)Cc2sccc2Br)cs1. The second-order valence-corrected chi connectivity index (χ2v) is 6.36. The zero-order valence-electron chi connectivity index (χ0n) is 8.70. The van der Waals surface area contributed by atoms with E-state index in [-0.39, 0.29) is 5.78 Å². The third-order valence-corrected chi connectivity index (χ3v) is 4.84. The first-order valence-electron chi connectivity index (χ1n) is 4.79. The molecule has 2 nitrogen and oxygen atoms in total. The number of ketones is 1. The van der Waals surface area contributed by atoms with Crippen LogP contribution in [0.1, 0.15) is 15.6 Å². The quantitative estimate of drug-likeness (QED) is 0.862. The molecule has 0 fully saturated rings. The smallest absolute Gasteiger partial charge is 0.144 e. The molecule has 5 heteroatoms. The molecule has 2 heterocycles. The van der Waals surface area contributed by atoms with E-state index in [4.69, 9.17) is 0 Å². The number of thiazole rings is 1. The maximum Gasteiger partial charge on any atom is 0.144 e. The Kier molecular flexibility index (Phi) is 3.89. The van der Waals surface area contributed by atoms with Crippen LogP contribution in [0.2, 0.25) is 0 Å². The number of aromatic nitrogens is 1. The lowest BCUT2D eigenvalue weighted by Crippen LogP contribution is -2.06. The number of halogens is 1. The minimum atomic E-state index is 0.216. The van der Waals surface area contributed by atoms with Gasteiger partial charge in [0, 0.05) is 27.6 Å². The molecule has 0 N–H and O–H groups in total. The summed E-state index contributed by atoms with van der Waals surface area (Å²) in [5.41, 5.74) is 0.889. The van der Waals surface area contributed by atoms with E-state index >= 15 is 0 Å². The van der Waals surface area contributed by atoms with Crippen molar-refractivity contribution in [3.8, 4) is 0 Å². The van der Waals surface area contributed by atoms with Crippen LogP contribution in [-0.4, -0.2) is 10.8 Å². The minimum absolute atomic E-state index is 0.216. The van der Waals surface area contributed by atoms with E-state index in [1.165, 1.54) is 0 Å². The third-order valence-electron chi connectivity index (χ3n) is 2.09. The van der Waals surface area contributed by atoms with Crippen molar-refractivity contribution in [2.45, 2.75) is 19.8 Å². The van der Waals surface area contributed by atoms with Crippen molar-refractivity contribution >= 4 is 44.4 Å². The van der Waals surface area contributed by atoms with E-state index in [2.05, 4.69) is 20.9 Å². The maximum atomic E-state index is 11.8. The summed E-state index contributed by atoms with van der Waals surface area (Å²) in [5, 5.41) is 4.95. The van der Waals surface area contributed by atoms with Crippen LogP contribution in [0.15, 0.2) is 21.3 Å². The standard InChI is InChI=1S/C11H10BrNOS2/c1-7-13-8(6-16-7)4-9(14)5-11-10(12)2-3-15-11/h2-3,6H,4-5H2,1H3. The molecule has 2 rings (SSSR count). The number of hydrogen-bond donors (Lipinski definition) is 0. The average molecular weight is 316 g/mol. The van der Waals surface area contributed by atoms with E-state index in [0.717, 1.165) is 20.1 Å². The topological polar surface area (TPSA) is 30.0 Å². The molecular formula is C11H10BrNOS2. The molecular weight excluding hydrogens is 306 g/mol. The second kappa shape index (κ2) is 5.21. The molecule has 0 atom stereocenters. The first-order valence-corrected chi connectivity index (χ1v) is 7.35. The number of thiophene rings is 1. The van der Waals surface area contributed by atoms with Gasteiger partial charge in [0.05, 0.1) is 10.7 Å². The summed E-state index contributed by atoms with van der Waals surface area (Å²) < 4.78 is 1.03. The Labute approximate surface area is 110 Å². The highest BCUT2D eigenvalue weighted by molar-refractivity contribution is 9.10. The number of hydrogen-bond acceptors (Lipinski definition) is 4. The highest BCUT2D eigenvalue weighted by Gasteiger charge is 2.10. The fraction of sp³-hybridized carbons (Fsp3) is 0.273. The number of rotatable bonds is 4. The van der Waals surface area contributed by atoms with Crippen LogP contribution in [0.3, 0.4) is 0 Å². The molecule has 0 bridgehead atoms. The van der Waals surface area contributed by atoms with Crippen molar-refractivity contribution in [1.29, 1.82) is 0 Å². The van der Waals surface area contributed by atoms with Gasteiger partial charge in [-0.15, -0.1) is 22.7 Å². The number of carbonyl (C=O) groups excluding carboxylic acids is 1. The van der Waals surface area contributed by atoms with Gasteiger partial charge in [0.2, 0.25) is 0 Å². The lowest BCUT2D eigenvalue weighted by atomic mass is 10.1. The van der Waals surface area contributed by atoms with Crippen molar-refractivity contribution in [3.05, 3.63) is 36.9 Å². The monoisotopic (exact) mass is 315 g/mol. The molecule has 0 amide bonds. The van der Waals surface area contributed by atoms with Crippen LogP contribution in [-0.2, 0) is 17.6 Å². The van der Waals surface area contributed by atoms with Gasteiger partial charge in [-0.2, -0.15) is 0 Å². The average Bonchev–Trinajstić information content (AvgIpc) is 2.77. The van der Waals surface area contributed by atoms with Crippen molar-refractivity contribution in [2.24, 2.45) is 0 Å². The number of nitrogens with zero attached hydrogens (tertiary/aromatic N) is 1. The molecule has 0 saturated carbocycles. The molecule has 0 radical (unpaired) electrons. The van der Waals surface area contributed by atoms with Crippen molar-refractivity contribution < 1.29 is 4.79 Å². The molecule has 2 aromatic rings. The lowest BCUT2D eigenvalue weighted by Gasteiger charge is -1.97. The van der Waals surface area contributed by atoms with E-state index in [0.29, 0.717) is 12.8 Å². The Hall–Kier alpha value is -0.520. The van der Waals surface area contributed by atoms with Gasteiger partial charge in [-0.05, 0) is 34.3 Å². The number of carbonyl (C=O) groups is 1. The summed E-state index contributed by atoms with van der Waals surface area (Å²) in [5.74, 6) is 0.216. The molecule has 0 aliphatic carbocycles. The fourth-order valence-corrected chi connectivity index (χ4v) is 3.52. The maximum absolute atomic E-state index is 11.8. The summed E-state index contributed by atoms with van der Waals surface area (Å²) in [6.07, 6.45) is 0.934. The number of Topliss-reactive ketones (excluding diaryl/α,β-unsaturated/α-hetero) is 1. The van der Waals surface area contributed by atoms with Crippen molar-refractivity contribution in [3.63, 3.8) is 0 Å². The van der Waals surface area contributed by atoms with Crippen LogP contribution < -0.4 is 0 Å². The zero-order chi connectivity index (χ0) is 11.5. The Morgan fingerprint density at radius 2 is 2.25 bits per heavy atom. The molecule has 0 saturated heterocycles. The molecule has 16 heavy (non-hydrogen) atoms. The zero-order valence-corrected chi connectivity index (χ0v) is 11.9. The first kappa shape index (κ1) is 12.0. The van der Waals surface area contributed by atoms with Crippen LogP contribution in [0.4, 0.5) is 0 Å². The predicted molar refractivity (Wildman–Crippen MR) is 71.3 cm³/mol. The fourth-order valence-electron chi connectivity index (χ4n) is 1.38. The van der Waals surface area contributed by atoms with Gasteiger partial charge in [-0.3, -0.25) is 4.79 Å². The predicted octanol–water partition coefficient (Wildman–Crippen LogP) is 3.63. The van der Waals surface area contributed by atoms with Crippen molar-refractivity contribution in [2.75, 3.05) is 0 Å². The second-order valence-electron chi connectivity index (χ2n) is 3.44. The summed E-state index contributed by atoms with van der Waals surface area (Å²) >= 11 is 6.62. The van der Waals surface area contributed by atoms with Gasteiger partial charge < -0.3 is 0 Å². The van der Waals surface area contributed by atoms with Crippen LogP contribution in [0.5, 0.6) is 0 Å². The van der Waals surface area contributed by atoms with Gasteiger partial charge in [-0.1, -0.05) is 0 Å². The molecule has 0 aliphatic heterocycles. The normalized spacial score (nSPS) is 10.6. The largest absolute Gasteiger partial charge is 0.299 e. The van der Waals surface area contributed by atoms with Crippen LogP contribution in [0.25, 0.3) is 0 Å². The highest BCUT2D eigenvalue weighted by atomic mass is 79.9. The summed E-state index contributed by atoms with van der Waals surface area (Å²) in [4.78, 5) is 17.2. The first-order chi connectivity index (χ1) is 7.65. The Morgan fingerprint density at radius 1 is 1.44 bits per heavy atom. The van der Waals surface area contributed by atoms with Gasteiger partial charge in [0.1, 0.15) is 5.78 Å². The van der Waals surface area contributed by atoms with Gasteiger partial charge in [-0.25, -0.2) is 4.98 Å². The van der Waals surface area contributed by atoms with E-state index in [1.807, 2.05) is 23.8 Å². The summed E-state index contributed by atoms with van der Waals surface area (Å²) in [6.45, 7) is 1.95. The molecule has 0 aromatic carbocycles. The summed E-state index contributed by atoms with van der Waals surface area (Å²) in [7, 11) is 0. The van der Waals surface area contributed by atoms with E-state index in [1.54, 1.807) is 22.7 Å². The van der Waals surface area contributed by atoms with Crippen molar-refractivity contribution in [1.82, 2.24) is 4.98 Å². The van der Waals surface area contributed by atoms with E-state index in [9.17, 15) is 4.79 Å². The van der Waals surface area contributed by atoms with Gasteiger partial charge in [0.15, 0.2) is 0 Å². The lowest BCUT2D eigenvalue weighted by molar-refractivity contribution is -0.117. The molecule has 0 aliphatic rings. The summed E-state index contributed by atoms with van der Waals surface area (Å²) in [6, 6.07) is 1.97. The Bertz CT molecular complexity index is 504. The van der Waals surface area contributed by atoms with E-state index < -0.39 is 0 Å². The van der Waals surface area contributed by atoms with Crippen LogP contribution >= 0.6 is 38.6 Å². The number of aryl methyl sites for hydroxylation is 1. The minimum Gasteiger partial charge on any atom is -0.299 e. The molecule has 2 aromatic heterocycles. The highest BCUT2D eigenvalue weighted by Crippen LogP contribution is 2.23. The molecule has 84 valence electrons.